The van der Waals surface area contributed by atoms with Gasteiger partial charge in [0, 0.05) is 36.3 Å². The van der Waals surface area contributed by atoms with Crippen molar-refractivity contribution in [2.45, 2.75) is 45.5 Å². The molecule has 2 aliphatic heterocycles. The molecule has 0 aliphatic carbocycles. The summed E-state index contributed by atoms with van der Waals surface area (Å²) in [6.07, 6.45) is -3.40. The van der Waals surface area contributed by atoms with E-state index in [4.69, 9.17) is 14.7 Å². The number of hydrogen-bond acceptors (Lipinski definition) is 6. The highest BCUT2D eigenvalue weighted by Crippen LogP contribution is 2.32. The van der Waals surface area contributed by atoms with Crippen LogP contribution in [0.25, 0.3) is 11.4 Å². The van der Waals surface area contributed by atoms with E-state index in [1.807, 2.05) is 6.92 Å². The molecule has 0 saturated carbocycles. The zero-order chi connectivity index (χ0) is 25.9. The summed E-state index contributed by atoms with van der Waals surface area (Å²) < 4.78 is 42.5. The molecule has 2 N–H and O–H groups in total. The molecule has 1 aromatic carbocycles. The Kier molecular flexibility index (Phi) is 7.62. The highest BCUT2D eigenvalue weighted by Gasteiger charge is 2.30. The molecule has 0 spiro atoms. The average molecular weight is 507 g/mol. The molecule has 0 radical (unpaired) electrons. The lowest BCUT2D eigenvalue weighted by Crippen LogP contribution is -2.45. The first-order chi connectivity index (χ1) is 17.1. The molecule has 194 valence electrons. The van der Waals surface area contributed by atoms with Gasteiger partial charge in [0.25, 0.3) is 0 Å². The predicted molar refractivity (Wildman–Crippen MR) is 128 cm³/mol. The summed E-state index contributed by atoms with van der Waals surface area (Å²) in [6, 6.07) is 5.73. The molecule has 1 fully saturated rings. The molecular weight excluding hydrogens is 477 g/mol. The van der Waals surface area contributed by atoms with Crippen LogP contribution in [0.4, 0.5) is 29.5 Å². The van der Waals surface area contributed by atoms with Crippen molar-refractivity contribution in [3.63, 3.8) is 0 Å². The number of aromatic nitrogens is 2. The Labute approximate surface area is 207 Å². The van der Waals surface area contributed by atoms with E-state index < -0.39 is 18.8 Å². The van der Waals surface area contributed by atoms with Crippen molar-refractivity contribution in [2.24, 2.45) is 0 Å². The minimum absolute atomic E-state index is 0.0707. The fourth-order valence-corrected chi connectivity index (χ4v) is 4.31. The van der Waals surface area contributed by atoms with Crippen LogP contribution in [0, 0.1) is 0 Å². The molecule has 0 unspecified atom stereocenters. The lowest BCUT2D eigenvalue weighted by atomic mass is 10.0. The van der Waals surface area contributed by atoms with Crippen LogP contribution in [-0.4, -0.2) is 71.9 Å². The third-order valence-corrected chi connectivity index (χ3v) is 6.19. The highest BCUT2D eigenvalue weighted by molar-refractivity contribution is 5.89. The molecule has 3 amide bonds. The Morgan fingerprint density at radius 1 is 1.17 bits per heavy atom. The number of urea groups is 1. The molecule has 9 nitrogen and oxygen atoms in total. The Hall–Kier alpha value is -3.41. The molecule has 3 heterocycles. The number of ether oxygens (including phenoxy) is 1. The first kappa shape index (κ1) is 25.7. The lowest BCUT2D eigenvalue weighted by Gasteiger charge is -2.37. The van der Waals surface area contributed by atoms with Crippen molar-refractivity contribution in [1.29, 1.82) is 0 Å². The van der Waals surface area contributed by atoms with Gasteiger partial charge in [0.2, 0.25) is 5.91 Å². The number of hydrogen-bond donors (Lipinski definition) is 2. The number of amides is 3. The number of carbonyl (C=O) groups excluding carboxylic acids is 2. The summed E-state index contributed by atoms with van der Waals surface area (Å²) in [4.78, 5) is 37.8. The summed E-state index contributed by atoms with van der Waals surface area (Å²) in [7, 11) is 0. The van der Waals surface area contributed by atoms with Gasteiger partial charge in [-0.2, -0.15) is 13.2 Å². The standard InChI is InChI=1S/C24H29F3N6O3/c1-3-20(34)32-9-8-18-19(12-32)30-21(31-22(18)33-10-11-36-13-15(33)2)16-4-6-17(7-5-16)29-23(35)28-14-24(25,26)27/h4-7,15H,3,8-14H2,1-2H3,(H2,28,29,35)/t15-/m0/s1. The minimum Gasteiger partial charge on any atom is -0.377 e. The maximum Gasteiger partial charge on any atom is 0.405 e. The number of nitrogens with one attached hydrogen (secondary N) is 2. The first-order valence-corrected chi connectivity index (χ1v) is 11.9. The fourth-order valence-electron chi connectivity index (χ4n) is 4.31. The van der Waals surface area contributed by atoms with E-state index in [9.17, 15) is 22.8 Å². The first-order valence-electron chi connectivity index (χ1n) is 11.9. The van der Waals surface area contributed by atoms with Crippen LogP contribution >= 0.6 is 0 Å². The number of nitrogens with zero attached hydrogens (tertiary/aromatic N) is 4. The van der Waals surface area contributed by atoms with Crippen LogP contribution in [0.3, 0.4) is 0 Å². The highest BCUT2D eigenvalue weighted by atomic mass is 19.4. The lowest BCUT2D eigenvalue weighted by molar-refractivity contribution is -0.131. The second kappa shape index (κ2) is 10.7. The summed E-state index contributed by atoms with van der Waals surface area (Å²) in [6.45, 7) is 5.39. The van der Waals surface area contributed by atoms with E-state index in [2.05, 4.69) is 17.1 Å². The van der Waals surface area contributed by atoms with Gasteiger partial charge in [-0.05, 0) is 37.6 Å². The Balaban J connectivity index is 1.61. The van der Waals surface area contributed by atoms with Gasteiger partial charge in [0.05, 0.1) is 31.5 Å². The second-order valence-corrected chi connectivity index (χ2v) is 8.83. The van der Waals surface area contributed by atoms with E-state index in [-0.39, 0.29) is 11.9 Å². The number of benzene rings is 1. The van der Waals surface area contributed by atoms with Crippen molar-refractivity contribution < 1.29 is 27.5 Å². The van der Waals surface area contributed by atoms with E-state index >= 15 is 0 Å². The monoisotopic (exact) mass is 506 g/mol. The molecule has 0 bridgehead atoms. The number of alkyl halides is 3. The second-order valence-electron chi connectivity index (χ2n) is 8.83. The van der Waals surface area contributed by atoms with Crippen LogP contribution in [0.2, 0.25) is 0 Å². The van der Waals surface area contributed by atoms with Crippen LogP contribution in [-0.2, 0) is 22.5 Å². The maximum atomic E-state index is 12.4. The van der Waals surface area contributed by atoms with E-state index in [0.29, 0.717) is 62.8 Å². The van der Waals surface area contributed by atoms with Gasteiger partial charge in [-0.3, -0.25) is 4.79 Å². The summed E-state index contributed by atoms with van der Waals surface area (Å²) in [5, 5.41) is 4.15. The van der Waals surface area contributed by atoms with Crippen molar-refractivity contribution in [3.05, 3.63) is 35.5 Å². The van der Waals surface area contributed by atoms with Gasteiger partial charge in [-0.1, -0.05) is 6.92 Å². The molecule has 4 rings (SSSR count). The summed E-state index contributed by atoms with van der Waals surface area (Å²) in [5.74, 6) is 1.38. The van der Waals surface area contributed by atoms with Crippen LogP contribution in [0.15, 0.2) is 24.3 Å². The Bertz CT molecular complexity index is 1110. The van der Waals surface area contributed by atoms with Gasteiger partial charge < -0.3 is 25.2 Å². The number of carbonyl (C=O) groups is 2. The zero-order valence-electron chi connectivity index (χ0n) is 20.2. The quantitative estimate of drug-likeness (QED) is 0.646. The summed E-state index contributed by atoms with van der Waals surface area (Å²) >= 11 is 0. The molecule has 2 aromatic rings. The van der Waals surface area contributed by atoms with Crippen molar-refractivity contribution in [2.75, 3.05) is 43.1 Å². The topological polar surface area (TPSA) is 99.7 Å². The number of halogens is 3. The number of anilines is 2. The fraction of sp³-hybridized carbons (Fsp3) is 0.500. The van der Waals surface area contributed by atoms with Gasteiger partial charge in [-0.15, -0.1) is 0 Å². The predicted octanol–water partition coefficient (Wildman–Crippen LogP) is 3.35. The molecule has 1 atom stereocenters. The number of morpholine rings is 1. The smallest absolute Gasteiger partial charge is 0.377 e. The molecule has 2 aliphatic rings. The Morgan fingerprint density at radius 3 is 2.58 bits per heavy atom. The summed E-state index contributed by atoms with van der Waals surface area (Å²) in [5.41, 5.74) is 2.85. The minimum atomic E-state index is -4.49. The van der Waals surface area contributed by atoms with E-state index in [0.717, 1.165) is 17.1 Å². The van der Waals surface area contributed by atoms with Crippen LogP contribution in [0.5, 0.6) is 0 Å². The van der Waals surface area contributed by atoms with Gasteiger partial charge in [0.15, 0.2) is 5.82 Å². The van der Waals surface area contributed by atoms with Crippen molar-refractivity contribution in [3.8, 4) is 11.4 Å². The molecule has 1 saturated heterocycles. The van der Waals surface area contributed by atoms with Gasteiger partial charge in [0.1, 0.15) is 12.4 Å². The third kappa shape index (κ3) is 6.04. The van der Waals surface area contributed by atoms with Crippen LogP contribution in [0.1, 0.15) is 31.5 Å². The average Bonchev–Trinajstić information content (AvgIpc) is 2.86. The van der Waals surface area contributed by atoms with E-state index in [1.165, 1.54) is 0 Å². The molecule has 1 aromatic heterocycles. The maximum absolute atomic E-state index is 12.4. The van der Waals surface area contributed by atoms with Crippen LogP contribution < -0.4 is 15.5 Å². The largest absolute Gasteiger partial charge is 0.405 e. The SMILES string of the molecule is CCC(=O)N1CCc2c(nc(-c3ccc(NC(=O)NCC(F)(F)F)cc3)nc2N2CCOC[C@@H]2C)C1. The Morgan fingerprint density at radius 2 is 1.92 bits per heavy atom. The van der Waals surface area contributed by atoms with Gasteiger partial charge in [-0.25, -0.2) is 14.8 Å². The van der Waals surface area contributed by atoms with Crippen molar-refractivity contribution in [1.82, 2.24) is 20.2 Å². The normalized spacial score (nSPS) is 18.0. The number of rotatable bonds is 5. The van der Waals surface area contributed by atoms with Crippen molar-refractivity contribution >= 4 is 23.4 Å². The van der Waals surface area contributed by atoms with E-state index in [1.54, 1.807) is 34.5 Å². The zero-order valence-corrected chi connectivity index (χ0v) is 20.2. The molecular formula is C24H29F3N6O3. The van der Waals surface area contributed by atoms with Gasteiger partial charge >= 0.3 is 12.2 Å². The third-order valence-electron chi connectivity index (χ3n) is 6.19. The molecule has 36 heavy (non-hydrogen) atoms. The molecule has 12 heteroatoms. The number of fused-ring (bicyclic) bond motifs is 1.